The van der Waals surface area contributed by atoms with Crippen LogP contribution in [-0.4, -0.2) is 70.1 Å². The molecule has 1 aromatic heterocycles. The number of aromatic nitrogens is 2. The molecule has 11 nitrogen and oxygen atoms in total. The highest BCUT2D eigenvalue weighted by molar-refractivity contribution is 7.91. The number of fused-ring (bicyclic) bond motifs is 1. The molecule has 45 heavy (non-hydrogen) atoms. The summed E-state index contributed by atoms with van der Waals surface area (Å²) in [7, 11) is -3.91. The number of sulfone groups is 1. The topological polar surface area (TPSA) is 134 Å². The monoisotopic (exact) mass is 683 g/mol. The first-order valence-corrected chi connectivity index (χ1v) is 15.8. The maximum Gasteiger partial charge on any atom is 0.407 e. The van der Waals surface area contributed by atoms with Gasteiger partial charge >= 0.3 is 11.7 Å². The van der Waals surface area contributed by atoms with Crippen molar-refractivity contribution in [2.75, 3.05) is 25.4 Å². The van der Waals surface area contributed by atoms with Crippen LogP contribution < -0.4 is 5.56 Å². The van der Waals surface area contributed by atoms with Gasteiger partial charge < -0.3 is 19.5 Å². The summed E-state index contributed by atoms with van der Waals surface area (Å²) < 4.78 is 67.7. The van der Waals surface area contributed by atoms with Crippen molar-refractivity contribution in [2.24, 2.45) is 0 Å². The number of nitrogens with zero attached hydrogens (tertiary/aromatic N) is 5. The third-order valence-corrected chi connectivity index (χ3v) is 10.1. The quantitative estimate of drug-likeness (QED) is 0.371. The highest BCUT2D eigenvalue weighted by atomic mass is 35.5. The number of aromatic hydroxyl groups is 1. The predicted molar refractivity (Wildman–Crippen MR) is 155 cm³/mol. The molecule has 0 bridgehead atoms. The molecule has 0 spiro atoms. The number of amides is 2. The van der Waals surface area contributed by atoms with Gasteiger partial charge in [-0.05, 0) is 37.1 Å². The van der Waals surface area contributed by atoms with E-state index in [9.17, 15) is 41.1 Å². The van der Waals surface area contributed by atoms with Gasteiger partial charge in [0.2, 0.25) is 5.75 Å². The van der Waals surface area contributed by atoms with Crippen LogP contribution in [0.15, 0.2) is 46.1 Å². The molecule has 3 heterocycles. The molecule has 2 aliphatic heterocycles. The first-order chi connectivity index (χ1) is 21.1. The lowest BCUT2D eigenvalue weighted by atomic mass is 10.1. The Balaban J connectivity index is 1.43. The van der Waals surface area contributed by atoms with Gasteiger partial charge in [0.25, 0.3) is 11.8 Å². The number of halogens is 5. The molecule has 5 rings (SSSR count). The third-order valence-electron chi connectivity index (χ3n) is 7.63. The minimum absolute atomic E-state index is 0.0273. The minimum atomic E-state index is -4.88. The fraction of sp³-hybridized carbons (Fsp3) is 0.321. The second-order valence-electron chi connectivity index (χ2n) is 10.3. The van der Waals surface area contributed by atoms with Crippen molar-refractivity contribution in [3.63, 3.8) is 0 Å². The number of benzene rings is 2. The smallest absolute Gasteiger partial charge is 0.407 e. The Labute approximate surface area is 264 Å². The van der Waals surface area contributed by atoms with Crippen molar-refractivity contribution in [1.29, 1.82) is 0 Å². The number of carbonyl (C=O) groups excluding carboxylic acids is 2. The Morgan fingerprint density at radius 1 is 1.09 bits per heavy atom. The van der Waals surface area contributed by atoms with E-state index in [4.69, 9.17) is 29.8 Å². The van der Waals surface area contributed by atoms with E-state index >= 15 is 0 Å². The van der Waals surface area contributed by atoms with Crippen molar-refractivity contribution in [1.82, 2.24) is 19.4 Å². The molecule has 2 amide bonds. The number of carbonyl (C=O) groups is 2. The van der Waals surface area contributed by atoms with Gasteiger partial charge in [0.1, 0.15) is 5.82 Å². The number of likely N-dealkylation sites (tertiary alicyclic amines) is 1. The van der Waals surface area contributed by atoms with Crippen LogP contribution in [0.2, 0.25) is 10.0 Å². The van der Waals surface area contributed by atoms with Gasteiger partial charge in [0, 0.05) is 31.7 Å². The van der Waals surface area contributed by atoms with E-state index < -0.39 is 67.9 Å². The van der Waals surface area contributed by atoms with Crippen LogP contribution >= 0.6 is 23.2 Å². The fourth-order valence-corrected chi connectivity index (χ4v) is 7.03. The Morgan fingerprint density at radius 2 is 1.82 bits per heavy atom. The van der Waals surface area contributed by atoms with Crippen LogP contribution in [0.5, 0.6) is 5.75 Å². The number of alkyl halides is 3. The van der Waals surface area contributed by atoms with Gasteiger partial charge in [-0.1, -0.05) is 35.3 Å². The molecule has 236 valence electrons. The van der Waals surface area contributed by atoms with Crippen LogP contribution in [0.1, 0.15) is 51.1 Å². The Hall–Kier alpha value is -4.13. The molecule has 0 saturated carbocycles. The summed E-state index contributed by atoms with van der Waals surface area (Å²) in [6.07, 6.45) is -4.21. The highest BCUT2D eigenvalue weighted by Gasteiger charge is 2.40. The van der Waals surface area contributed by atoms with Gasteiger partial charge in [-0.3, -0.25) is 14.4 Å². The molecule has 17 heteroatoms. The lowest BCUT2D eigenvalue weighted by molar-refractivity contribution is -0.136. The second kappa shape index (κ2) is 12.0. The summed E-state index contributed by atoms with van der Waals surface area (Å²) in [6, 6.07) is 5.49. The van der Waals surface area contributed by atoms with Crippen molar-refractivity contribution >= 4 is 50.5 Å². The summed E-state index contributed by atoms with van der Waals surface area (Å²) in [5, 5.41) is 10.8. The van der Waals surface area contributed by atoms with Gasteiger partial charge in [0.05, 0.1) is 38.9 Å². The summed E-state index contributed by atoms with van der Waals surface area (Å²) in [5.41, 5.74) is -3.85. The Morgan fingerprint density at radius 3 is 2.49 bits per heavy atom. The first-order valence-electron chi connectivity index (χ1n) is 13.3. The highest BCUT2D eigenvalue weighted by Crippen LogP contribution is 2.39. The van der Waals surface area contributed by atoms with Crippen LogP contribution in [0.4, 0.5) is 18.9 Å². The minimum Gasteiger partial charge on any atom is -0.501 e. The number of rotatable bonds is 6. The van der Waals surface area contributed by atoms with Crippen LogP contribution in [0, 0.1) is 6.57 Å². The summed E-state index contributed by atoms with van der Waals surface area (Å²) in [4.78, 5) is 48.8. The molecule has 3 aromatic rings. The molecule has 2 aromatic carbocycles. The van der Waals surface area contributed by atoms with Crippen LogP contribution in [0.25, 0.3) is 4.85 Å². The fourth-order valence-electron chi connectivity index (χ4n) is 5.40. The normalized spacial score (nSPS) is 16.9. The van der Waals surface area contributed by atoms with Crippen LogP contribution in [0.3, 0.4) is 0 Å². The average molecular weight is 684 g/mol. The maximum atomic E-state index is 13.6. The molecule has 0 unspecified atom stereocenters. The Kier molecular flexibility index (Phi) is 8.60. The molecule has 1 N–H and O–H groups in total. The molecule has 1 fully saturated rings. The zero-order valence-corrected chi connectivity index (χ0v) is 25.3. The van der Waals surface area contributed by atoms with Gasteiger partial charge in [-0.2, -0.15) is 18.2 Å². The van der Waals surface area contributed by atoms with E-state index in [-0.39, 0.29) is 58.9 Å². The summed E-state index contributed by atoms with van der Waals surface area (Å²) >= 11 is 11.8. The standard InChI is InChI=1S/C28H22Cl2F3N5O6S/c1-34-20-7-4-15(13-17(20)28(31,32)33)26(41)37-8-2-3-21(37)24-35-25(40)23(39)22-27(42)36(9-10-38(22)24)11-12-45(43,44)16-5-6-18(29)19(30)14-16/h4-7,13-14,21,39H,2-3,8-12H2/t21-/m0/s1. The van der Waals surface area contributed by atoms with Crippen LogP contribution in [-0.2, 0) is 22.6 Å². The molecule has 1 atom stereocenters. The lowest BCUT2D eigenvalue weighted by Gasteiger charge is -2.33. The van der Waals surface area contributed by atoms with Gasteiger partial charge in [-0.15, -0.1) is 0 Å². The van der Waals surface area contributed by atoms with E-state index in [1.54, 1.807) is 0 Å². The maximum absolute atomic E-state index is 13.6. The van der Waals surface area contributed by atoms with Crippen molar-refractivity contribution < 1.29 is 36.3 Å². The van der Waals surface area contributed by atoms with E-state index in [2.05, 4.69) is 9.83 Å². The third kappa shape index (κ3) is 6.09. The Bertz CT molecular complexity index is 1940. The first kappa shape index (κ1) is 32.3. The molecule has 2 aliphatic rings. The van der Waals surface area contributed by atoms with Crippen molar-refractivity contribution in [3.8, 4) is 5.75 Å². The van der Waals surface area contributed by atoms with E-state index in [0.717, 1.165) is 17.0 Å². The summed E-state index contributed by atoms with van der Waals surface area (Å²) in [5.74, 6) is -3.14. The zero-order valence-electron chi connectivity index (χ0n) is 23.0. The van der Waals surface area contributed by atoms with E-state index in [1.807, 2.05) is 0 Å². The SMILES string of the molecule is [C-]#[N+]c1ccc(C(=O)N2CCC[C@H]2c2nc(=O)c(O)c3n2CCN(CCS(=O)(=O)c2ccc(Cl)c(Cl)c2)C3=O)cc1C(F)(F)F. The van der Waals surface area contributed by atoms with Gasteiger partial charge in [0.15, 0.2) is 21.2 Å². The molecular formula is C28H22Cl2F3N5O6S. The largest absolute Gasteiger partial charge is 0.501 e. The van der Waals surface area contributed by atoms with Crippen molar-refractivity contribution in [2.45, 2.75) is 36.5 Å². The predicted octanol–water partition coefficient (Wildman–Crippen LogP) is 4.73. The van der Waals surface area contributed by atoms with E-state index in [1.165, 1.54) is 27.7 Å². The second-order valence-corrected chi connectivity index (χ2v) is 13.2. The molecule has 0 radical (unpaired) electrons. The number of hydrogen-bond acceptors (Lipinski definition) is 7. The van der Waals surface area contributed by atoms with Gasteiger partial charge in [-0.25, -0.2) is 13.3 Å². The average Bonchev–Trinajstić information content (AvgIpc) is 3.48. The summed E-state index contributed by atoms with van der Waals surface area (Å²) in [6.45, 7) is 6.77. The zero-order chi connectivity index (χ0) is 32.8. The molecule has 1 saturated heterocycles. The molecule has 0 aliphatic carbocycles. The number of hydrogen-bond donors (Lipinski definition) is 1. The lowest BCUT2D eigenvalue weighted by Crippen LogP contribution is -2.46. The van der Waals surface area contributed by atoms with E-state index in [0.29, 0.717) is 12.5 Å². The van der Waals surface area contributed by atoms with Crippen molar-refractivity contribution in [3.05, 3.63) is 90.9 Å². The molecular weight excluding hydrogens is 662 g/mol.